The second-order valence-electron chi connectivity index (χ2n) is 3.77. The van der Waals surface area contributed by atoms with Crippen LogP contribution < -0.4 is 5.69 Å². The Labute approximate surface area is 111 Å². The zero-order chi connectivity index (χ0) is 12.5. The summed E-state index contributed by atoms with van der Waals surface area (Å²) in [6.07, 6.45) is 1.66. The van der Waals surface area contributed by atoms with E-state index in [1.54, 1.807) is 18.3 Å². The van der Waals surface area contributed by atoms with Crippen molar-refractivity contribution in [3.8, 4) is 11.4 Å². The summed E-state index contributed by atoms with van der Waals surface area (Å²) in [5, 5.41) is 0. The monoisotopic (exact) mass is 301 g/mol. The van der Waals surface area contributed by atoms with E-state index in [0.29, 0.717) is 11.5 Å². The van der Waals surface area contributed by atoms with Crippen molar-refractivity contribution in [2.45, 2.75) is 0 Å². The molecule has 0 fully saturated rings. The Morgan fingerprint density at radius 2 is 1.78 bits per heavy atom. The average Bonchev–Trinajstić information content (AvgIpc) is 2.39. The Bertz CT molecular complexity index is 765. The molecule has 0 N–H and O–H groups in total. The van der Waals surface area contributed by atoms with Gasteiger partial charge in [-0.1, -0.05) is 34.1 Å². The van der Waals surface area contributed by atoms with Crippen LogP contribution in [0, 0.1) is 0 Å². The molecule has 1 aromatic carbocycles. The normalized spacial score (nSPS) is 10.7. The third-order valence-corrected chi connectivity index (χ3v) is 3.10. The van der Waals surface area contributed by atoms with Crippen LogP contribution in [-0.2, 0) is 0 Å². The number of fused-ring (bicyclic) bond motifs is 1. The van der Waals surface area contributed by atoms with Crippen LogP contribution in [0.15, 0.2) is 57.9 Å². The Balaban J connectivity index is 2.24. The van der Waals surface area contributed by atoms with E-state index >= 15 is 0 Å². The molecule has 0 spiro atoms. The smallest absolute Gasteiger partial charge is 0.251 e. The van der Waals surface area contributed by atoms with Gasteiger partial charge in [-0.2, -0.15) is 4.98 Å². The number of rotatable bonds is 1. The van der Waals surface area contributed by atoms with Crippen molar-refractivity contribution in [3.05, 3.63) is 63.6 Å². The number of hydrogen-bond donors (Lipinski definition) is 0. The second-order valence-corrected chi connectivity index (χ2v) is 4.68. The molecular weight excluding hydrogens is 294 g/mol. The van der Waals surface area contributed by atoms with Gasteiger partial charge in [0, 0.05) is 16.2 Å². The molecular formula is C13H8BrN3O. The van der Waals surface area contributed by atoms with E-state index in [1.807, 2.05) is 30.3 Å². The quantitative estimate of drug-likeness (QED) is 0.694. The van der Waals surface area contributed by atoms with Gasteiger partial charge < -0.3 is 0 Å². The first-order valence-corrected chi connectivity index (χ1v) is 6.15. The van der Waals surface area contributed by atoms with E-state index in [-0.39, 0.29) is 5.69 Å². The lowest BCUT2D eigenvalue weighted by atomic mass is 10.2. The maximum absolute atomic E-state index is 11.8. The fraction of sp³-hybridized carbons (Fsp3) is 0. The molecule has 88 valence electrons. The number of halogens is 1. The van der Waals surface area contributed by atoms with Gasteiger partial charge in [-0.05, 0) is 24.3 Å². The van der Waals surface area contributed by atoms with Crippen molar-refractivity contribution in [2.75, 3.05) is 0 Å². The average molecular weight is 302 g/mol. The second kappa shape index (κ2) is 4.34. The van der Waals surface area contributed by atoms with Gasteiger partial charge in [0.05, 0.1) is 0 Å². The van der Waals surface area contributed by atoms with Gasteiger partial charge in [0.15, 0.2) is 5.82 Å². The summed E-state index contributed by atoms with van der Waals surface area (Å²) in [4.78, 5) is 20.2. The molecule has 3 aromatic rings. The molecule has 0 bridgehead atoms. The van der Waals surface area contributed by atoms with E-state index in [9.17, 15) is 4.79 Å². The van der Waals surface area contributed by atoms with Crippen LogP contribution in [0.4, 0.5) is 0 Å². The summed E-state index contributed by atoms with van der Waals surface area (Å²) in [6, 6.07) is 12.9. The van der Waals surface area contributed by atoms with Crippen molar-refractivity contribution < 1.29 is 0 Å². The number of pyridine rings is 1. The van der Waals surface area contributed by atoms with E-state index in [1.165, 1.54) is 4.40 Å². The van der Waals surface area contributed by atoms with Gasteiger partial charge in [-0.15, -0.1) is 0 Å². The van der Waals surface area contributed by atoms with E-state index in [2.05, 4.69) is 25.9 Å². The van der Waals surface area contributed by atoms with Gasteiger partial charge in [0.25, 0.3) is 0 Å². The van der Waals surface area contributed by atoms with Crippen molar-refractivity contribution in [1.82, 2.24) is 14.4 Å². The molecule has 0 saturated heterocycles. The van der Waals surface area contributed by atoms with Crippen LogP contribution in [0.25, 0.3) is 17.0 Å². The summed E-state index contributed by atoms with van der Waals surface area (Å²) in [7, 11) is 0. The highest BCUT2D eigenvalue weighted by molar-refractivity contribution is 9.10. The summed E-state index contributed by atoms with van der Waals surface area (Å²) in [5.74, 6) is 0.443. The molecule has 0 aliphatic rings. The maximum Gasteiger partial charge on any atom is 0.355 e. The molecule has 18 heavy (non-hydrogen) atoms. The number of aromatic nitrogens is 3. The molecule has 0 aliphatic heterocycles. The highest BCUT2D eigenvalue weighted by atomic mass is 79.9. The Morgan fingerprint density at radius 1 is 1.00 bits per heavy atom. The first-order valence-electron chi connectivity index (χ1n) is 5.35. The van der Waals surface area contributed by atoms with Crippen LogP contribution in [-0.4, -0.2) is 14.4 Å². The van der Waals surface area contributed by atoms with Gasteiger partial charge in [0.1, 0.15) is 5.65 Å². The first-order chi connectivity index (χ1) is 8.74. The zero-order valence-corrected chi connectivity index (χ0v) is 10.8. The summed E-state index contributed by atoms with van der Waals surface area (Å²) >= 11 is 3.37. The molecule has 3 rings (SSSR count). The van der Waals surface area contributed by atoms with Crippen LogP contribution in [0.5, 0.6) is 0 Å². The molecule has 0 atom stereocenters. The third-order valence-electron chi connectivity index (χ3n) is 2.57. The fourth-order valence-electron chi connectivity index (χ4n) is 1.69. The van der Waals surface area contributed by atoms with E-state index < -0.39 is 0 Å². The number of nitrogens with zero attached hydrogens (tertiary/aromatic N) is 3. The Kier molecular flexibility index (Phi) is 2.68. The summed E-state index contributed by atoms with van der Waals surface area (Å²) < 4.78 is 2.39. The molecule has 0 radical (unpaired) electrons. The summed E-state index contributed by atoms with van der Waals surface area (Å²) in [5.41, 5.74) is 1.09. The van der Waals surface area contributed by atoms with Gasteiger partial charge >= 0.3 is 5.69 Å². The molecule has 0 aliphatic carbocycles. The van der Waals surface area contributed by atoms with Crippen LogP contribution >= 0.6 is 15.9 Å². The molecule has 0 unspecified atom stereocenters. The molecule has 4 nitrogen and oxygen atoms in total. The first kappa shape index (κ1) is 11.1. The molecule has 2 heterocycles. The van der Waals surface area contributed by atoms with Crippen LogP contribution in [0.1, 0.15) is 0 Å². The minimum Gasteiger partial charge on any atom is -0.251 e. The van der Waals surface area contributed by atoms with Crippen molar-refractivity contribution in [1.29, 1.82) is 0 Å². The minimum absolute atomic E-state index is 0.321. The Hall–Kier alpha value is -2.01. The van der Waals surface area contributed by atoms with Crippen LogP contribution in [0.3, 0.4) is 0 Å². The van der Waals surface area contributed by atoms with Gasteiger partial charge in [-0.25, -0.2) is 9.78 Å². The highest BCUT2D eigenvalue weighted by Gasteiger charge is 2.05. The van der Waals surface area contributed by atoms with E-state index in [4.69, 9.17) is 0 Å². The van der Waals surface area contributed by atoms with E-state index in [0.717, 1.165) is 10.0 Å². The predicted octanol–water partition coefficient (Wildman–Crippen LogP) is 2.52. The number of benzene rings is 1. The lowest BCUT2D eigenvalue weighted by Gasteiger charge is -2.02. The minimum atomic E-state index is -0.321. The standard InChI is InChI=1S/C13H8BrN3O/c14-10-6-4-9(5-7-10)12-15-11-3-1-2-8-17(11)13(18)16-12/h1-8H. The third kappa shape index (κ3) is 1.93. The lowest BCUT2D eigenvalue weighted by molar-refractivity contribution is 0.948. The topological polar surface area (TPSA) is 47.3 Å². The van der Waals surface area contributed by atoms with Gasteiger partial charge in [-0.3, -0.25) is 4.40 Å². The largest absolute Gasteiger partial charge is 0.355 e. The van der Waals surface area contributed by atoms with Crippen molar-refractivity contribution in [3.63, 3.8) is 0 Å². The number of hydrogen-bond acceptors (Lipinski definition) is 3. The fourth-order valence-corrected chi connectivity index (χ4v) is 1.96. The molecule has 0 amide bonds. The summed E-state index contributed by atoms with van der Waals surface area (Å²) in [6.45, 7) is 0. The van der Waals surface area contributed by atoms with Crippen molar-refractivity contribution in [2.24, 2.45) is 0 Å². The lowest BCUT2D eigenvalue weighted by Crippen LogP contribution is -2.18. The predicted molar refractivity (Wildman–Crippen MR) is 72.4 cm³/mol. The highest BCUT2D eigenvalue weighted by Crippen LogP contribution is 2.17. The maximum atomic E-state index is 11.8. The SMILES string of the molecule is O=c1nc(-c2ccc(Br)cc2)nc2ccccn12. The van der Waals surface area contributed by atoms with Crippen LogP contribution in [0.2, 0.25) is 0 Å². The molecule has 2 aromatic heterocycles. The van der Waals surface area contributed by atoms with Gasteiger partial charge in [0.2, 0.25) is 0 Å². The Morgan fingerprint density at radius 3 is 2.56 bits per heavy atom. The zero-order valence-electron chi connectivity index (χ0n) is 9.25. The van der Waals surface area contributed by atoms with Crippen molar-refractivity contribution >= 4 is 21.6 Å². The molecule has 5 heteroatoms. The molecule has 0 saturated carbocycles.